The Labute approximate surface area is 108 Å². The second-order valence-corrected chi connectivity index (χ2v) is 4.76. The van der Waals surface area contributed by atoms with Crippen LogP contribution in [0.25, 0.3) is 0 Å². The van der Waals surface area contributed by atoms with Gasteiger partial charge in [-0.2, -0.15) is 0 Å². The third kappa shape index (κ3) is 4.39. The Bertz CT molecular complexity index is 334. The highest BCUT2D eigenvalue weighted by Crippen LogP contribution is 2.23. The van der Waals surface area contributed by atoms with Crippen LogP contribution in [0, 0.1) is 0 Å². The third-order valence-corrected chi connectivity index (χ3v) is 3.26. The van der Waals surface area contributed by atoms with Gasteiger partial charge in [0, 0.05) is 9.80 Å². The van der Waals surface area contributed by atoms with E-state index in [2.05, 4.69) is 50.1 Å². The summed E-state index contributed by atoms with van der Waals surface area (Å²) in [6.07, 6.45) is 6.37. The summed E-state index contributed by atoms with van der Waals surface area (Å²) in [5, 5.41) is 1.02. The van der Waals surface area contributed by atoms with Gasteiger partial charge in [0.2, 0.25) is 0 Å². The van der Waals surface area contributed by atoms with E-state index in [1.165, 1.54) is 5.56 Å². The molecule has 1 aromatic rings. The molecule has 0 saturated heterocycles. The second-order valence-electron chi connectivity index (χ2n) is 3.11. The Balaban J connectivity index is 2.66. The van der Waals surface area contributed by atoms with E-state index in [0.717, 1.165) is 28.4 Å². The molecule has 0 fully saturated rings. The molecule has 0 amide bonds. The molecule has 0 radical (unpaired) electrons. The zero-order chi connectivity index (χ0) is 11.1. The number of allylic oxidation sites excluding steroid dienone is 2. The van der Waals surface area contributed by atoms with E-state index < -0.39 is 0 Å². The quantitative estimate of drug-likeness (QED) is 0.575. The van der Waals surface area contributed by atoms with Crippen LogP contribution in [0.5, 0.6) is 5.75 Å². The molecule has 0 unspecified atom stereocenters. The van der Waals surface area contributed by atoms with Crippen LogP contribution in [0.3, 0.4) is 0 Å². The van der Waals surface area contributed by atoms with Crippen LogP contribution < -0.4 is 4.74 Å². The molecule has 0 saturated carbocycles. The number of rotatable bonds is 5. The van der Waals surface area contributed by atoms with Crippen LogP contribution in [0.1, 0.15) is 12.0 Å². The molecule has 0 aromatic heterocycles. The number of ether oxygens (including phenoxy) is 1. The predicted octanol–water partition coefficient (Wildman–Crippen LogP) is 4.34. The zero-order valence-electron chi connectivity index (χ0n) is 8.67. The van der Waals surface area contributed by atoms with Gasteiger partial charge in [0.15, 0.2) is 0 Å². The first-order valence-electron chi connectivity index (χ1n) is 4.81. The van der Waals surface area contributed by atoms with Crippen molar-refractivity contribution in [1.82, 2.24) is 0 Å². The normalized spacial score (nSPS) is 10.9. The molecule has 0 N–H and O–H groups in total. The van der Waals surface area contributed by atoms with Gasteiger partial charge in [0.25, 0.3) is 0 Å². The highest BCUT2D eigenvalue weighted by atomic mass is 79.9. The molecular formula is C12H14Br2O. The van der Waals surface area contributed by atoms with Crippen molar-refractivity contribution in [3.8, 4) is 5.75 Å². The summed E-state index contributed by atoms with van der Waals surface area (Å²) in [6, 6.07) is 6.03. The van der Waals surface area contributed by atoms with E-state index in [0.29, 0.717) is 0 Å². The van der Waals surface area contributed by atoms with Gasteiger partial charge >= 0.3 is 0 Å². The van der Waals surface area contributed by atoms with Crippen LogP contribution in [0.4, 0.5) is 0 Å². The number of hydrogen-bond acceptors (Lipinski definition) is 1. The summed E-state index contributed by atoms with van der Waals surface area (Å²) in [4.78, 5) is 0. The van der Waals surface area contributed by atoms with E-state index in [1.807, 2.05) is 12.1 Å². The van der Waals surface area contributed by atoms with Crippen LogP contribution in [-0.4, -0.2) is 12.4 Å². The van der Waals surface area contributed by atoms with E-state index in [4.69, 9.17) is 4.74 Å². The summed E-state index contributed by atoms with van der Waals surface area (Å²) >= 11 is 6.92. The van der Waals surface area contributed by atoms with Crippen LogP contribution in [0.15, 0.2) is 34.8 Å². The molecule has 82 valence electrons. The fourth-order valence-corrected chi connectivity index (χ4v) is 1.90. The van der Waals surface area contributed by atoms with Crippen molar-refractivity contribution in [2.45, 2.75) is 12.8 Å². The van der Waals surface area contributed by atoms with Gasteiger partial charge in [0.05, 0.1) is 7.11 Å². The van der Waals surface area contributed by atoms with E-state index >= 15 is 0 Å². The lowest BCUT2D eigenvalue weighted by atomic mass is 10.1. The minimum atomic E-state index is 0.905. The molecule has 15 heavy (non-hydrogen) atoms. The molecule has 0 aliphatic heterocycles. The Kier molecular flexibility index (Phi) is 6.03. The number of hydrogen-bond donors (Lipinski definition) is 0. The average Bonchev–Trinajstić information content (AvgIpc) is 2.26. The highest BCUT2D eigenvalue weighted by Gasteiger charge is 1.99. The topological polar surface area (TPSA) is 9.23 Å². The van der Waals surface area contributed by atoms with Crippen molar-refractivity contribution >= 4 is 31.9 Å². The lowest BCUT2D eigenvalue weighted by molar-refractivity contribution is 0.414. The van der Waals surface area contributed by atoms with Crippen molar-refractivity contribution in [2.75, 3.05) is 12.4 Å². The summed E-state index contributed by atoms with van der Waals surface area (Å²) in [6.45, 7) is 0. The first-order chi connectivity index (χ1) is 7.27. The zero-order valence-corrected chi connectivity index (χ0v) is 11.8. The van der Waals surface area contributed by atoms with Crippen molar-refractivity contribution in [3.63, 3.8) is 0 Å². The SMILES string of the molecule is COc1ccc(Br)c(CC=CCCBr)c1. The average molecular weight is 334 g/mol. The van der Waals surface area contributed by atoms with Gasteiger partial charge in [-0.15, -0.1) is 0 Å². The maximum absolute atomic E-state index is 5.18. The third-order valence-electron chi connectivity index (χ3n) is 2.03. The minimum absolute atomic E-state index is 0.905. The molecule has 1 nitrogen and oxygen atoms in total. The predicted molar refractivity (Wildman–Crippen MR) is 71.9 cm³/mol. The first kappa shape index (κ1) is 12.8. The fraction of sp³-hybridized carbons (Fsp3) is 0.333. The van der Waals surface area contributed by atoms with Gasteiger partial charge < -0.3 is 4.74 Å². The number of alkyl halides is 1. The maximum Gasteiger partial charge on any atom is 0.119 e. The minimum Gasteiger partial charge on any atom is -0.497 e. The van der Waals surface area contributed by atoms with Gasteiger partial charge in [-0.1, -0.05) is 44.0 Å². The Morgan fingerprint density at radius 1 is 1.33 bits per heavy atom. The smallest absolute Gasteiger partial charge is 0.119 e. The molecule has 0 aliphatic carbocycles. The molecular weight excluding hydrogens is 320 g/mol. The van der Waals surface area contributed by atoms with Crippen LogP contribution >= 0.6 is 31.9 Å². The van der Waals surface area contributed by atoms with Crippen LogP contribution in [-0.2, 0) is 6.42 Å². The van der Waals surface area contributed by atoms with Crippen molar-refractivity contribution in [2.24, 2.45) is 0 Å². The number of halogens is 2. The lowest BCUT2D eigenvalue weighted by Crippen LogP contribution is -1.87. The maximum atomic E-state index is 5.18. The molecule has 3 heteroatoms. The summed E-state index contributed by atoms with van der Waals surface area (Å²) < 4.78 is 6.32. The Morgan fingerprint density at radius 2 is 2.13 bits per heavy atom. The lowest BCUT2D eigenvalue weighted by Gasteiger charge is -2.04. The highest BCUT2D eigenvalue weighted by molar-refractivity contribution is 9.10. The monoisotopic (exact) mass is 332 g/mol. The Hall–Kier alpha value is -0.280. The molecule has 0 spiro atoms. The van der Waals surface area contributed by atoms with Crippen LogP contribution in [0.2, 0.25) is 0 Å². The van der Waals surface area contributed by atoms with Crippen molar-refractivity contribution in [3.05, 3.63) is 40.4 Å². The molecule has 0 aliphatic rings. The molecule has 0 atom stereocenters. The standard InChI is InChI=1S/C12H14Br2O/c1-15-11-6-7-12(14)10(9-11)5-3-2-4-8-13/h2-3,6-7,9H,4-5,8H2,1H3. The number of methoxy groups -OCH3 is 1. The van der Waals surface area contributed by atoms with E-state index in [-0.39, 0.29) is 0 Å². The first-order valence-corrected chi connectivity index (χ1v) is 6.72. The van der Waals surface area contributed by atoms with Gasteiger partial charge in [-0.25, -0.2) is 0 Å². The fourth-order valence-electron chi connectivity index (χ4n) is 1.23. The molecule has 0 bridgehead atoms. The molecule has 1 aromatic carbocycles. The number of benzene rings is 1. The largest absolute Gasteiger partial charge is 0.497 e. The van der Waals surface area contributed by atoms with E-state index in [9.17, 15) is 0 Å². The van der Waals surface area contributed by atoms with Gasteiger partial charge in [-0.3, -0.25) is 0 Å². The van der Waals surface area contributed by atoms with Gasteiger partial charge in [0.1, 0.15) is 5.75 Å². The molecule has 0 heterocycles. The Morgan fingerprint density at radius 3 is 2.80 bits per heavy atom. The van der Waals surface area contributed by atoms with Crippen molar-refractivity contribution < 1.29 is 4.74 Å². The summed E-state index contributed by atoms with van der Waals surface area (Å²) in [7, 11) is 1.69. The summed E-state index contributed by atoms with van der Waals surface area (Å²) in [5.74, 6) is 0.905. The van der Waals surface area contributed by atoms with Crippen molar-refractivity contribution in [1.29, 1.82) is 0 Å². The summed E-state index contributed by atoms with van der Waals surface area (Å²) in [5.41, 5.74) is 1.25. The molecule has 1 rings (SSSR count). The van der Waals surface area contributed by atoms with Gasteiger partial charge in [-0.05, 0) is 36.6 Å². The second kappa shape index (κ2) is 7.07. The van der Waals surface area contributed by atoms with E-state index in [1.54, 1.807) is 7.11 Å².